The minimum atomic E-state index is 0.470. The largest absolute Gasteiger partial charge is 0.403 e. The Bertz CT molecular complexity index is 233. The lowest BCUT2D eigenvalue weighted by atomic mass is 10.1. The number of nitrogens with zero attached hydrogens (tertiary/aromatic N) is 2. The third-order valence-electron chi connectivity index (χ3n) is 1.48. The summed E-state index contributed by atoms with van der Waals surface area (Å²) in [5.41, 5.74) is 6.46. The second kappa shape index (κ2) is 3.74. The van der Waals surface area contributed by atoms with Crippen molar-refractivity contribution in [3.05, 3.63) is 11.8 Å². The van der Waals surface area contributed by atoms with Crippen molar-refractivity contribution in [2.45, 2.75) is 0 Å². The van der Waals surface area contributed by atoms with E-state index in [1.54, 1.807) is 0 Å². The van der Waals surface area contributed by atoms with Crippen LogP contribution in [0.4, 0.5) is 0 Å². The molecule has 58 valence electrons. The Morgan fingerprint density at radius 1 is 1.82 bits per heavy atom. The van der Waals surface area contributed by atoms with Gasteiger partial charge in [0.2, 0.25) is 0 Å². The van der Waals surface area contributed by atoms with Gasteiger partial charge in [0, 0.05) is 19.3 Å². The van der Waals surface area contributed by atoms with Crippen molar-refractivity contribution in [2.24, 2.45) is 10.7 Å². The topological polar surface area (TPSA) is 74.2 Å². The third-order valence-corrected chi connectivity index (χ3v) is 1.48. The fourth-order valence-electron chi connectivity index (χ4n) is 0.911. The molecule has 0 aromatic heterocycles. The van der Waals surface area contributed by atoms with Gasteiger partial charge in [-0.1, -0.05) is 0 Å². The van der Waals surface area contributed by atoms with Gasteiger partial charge in [-0.3, -0.25) is 4.99 Å². The molecule has 3 N–H and O–H groups in total. The van der Waals surface area contributed by atoms with Crippen molar-refractivity contribution >= 4 is 5.71 Å². The van der Waals surface area contributed by atoms with Gasteiger partial charge >= 0.3 is 0 Å². The van der Waals surface area contributed by atoms with Crippen molar-refractivity contribution in [1.82, 2.24) is 5.32 Å². The van der Waals surface area contributed by atoms with E-state index in [1.165, 1.54) is 6.20 Å². The first-order valence-corrected chi connectivity index (χ1v) is 3.45. The maximum Gasteiger partial charge on any atom is 0.103 e. The molecule has 0 bridgehead atoms. The summed E-state index contributed by atoms with van der Waals surface area (Å²) in [6.45, 7) is 2.26. The van der Waals surface area contributed by atoms with E-state index in [4.69, 9.17) is 11.0 Å². The molecule has 0 atom stereocenters. The normalized spacial score (nSPS) is 18.8. The average Bonchev–Trinajstić information content (AvgIpc) is 2.09. The monoisotopic (exact) mass is 150 g/mol. The molecule has 0 fully saturated rings. The quantitative estimate of drug-likeness (QED) is 0.490. The van der Waals surface area contributed by atoms with Gasteiger partial charge in [-0.05, 0) is 0 Å². The molecule has 1 aliphatic rings. The standard InChI is InChI=1S/C7H10N4/c8-3-6(4-9)7-5-10-1-2-11-7/h3,10H,1-2,5,8H2/b6-3-. The van der Waals surface area contributed by atoms with E-state index in [0.29, 0.717) is 12.1 Å². The molecule has 0 aromatic rings. The van der Waals surface area contributed by atoms with Crippen LogP contribution in [0.2, 0.25) is 0 Å². The summed E-state index contributed by atoms with van der Waals surface area (Å²) in [5, 5.41) is 11.7. The van der Waals surface area contributed by atoms with E-state index in [9.17, 15) is 0 Å². The first-order chi connectivity index (χ1) is 5.38. The Balaban J connectivity index is 2.74. The van der Waals surface area contributed by atoms with Crippen LogP contribution in [-0.4, -0.2) is 25.3 Å². The molecule has 4 nitrogen and oxygen atoms in total. The highest BCUT2D eigenvalue weighted by atomic mass is 15.0. The highest BCUT2D eigenvalue weighted by molar-refractivity contribution is 6.05. The number of nitrogens with one attached hydrogen (secondary N) is 1. The highest BCUT2D eigenvalue weighted by Crippen LogP contribution is 1.97. The molecule has 1 aliphatic heterocycles. The molecular weight excluding hydrogens is 140 g/mol. The summed E-state index contributed by atoms with van der Waals surface area (Å²) in [7, 11) is 0. The second-order valence-electron chi connectivity index (χ2n) is 2.20. The van der Waals surface area contributed by atoms with Crippen LogP contribution in [0.25, 0.3) is 0 Å². The van der Waals surface area contributed by atoms with Gasteiger partial charge in [-0.2, -0.15) is 5.26 Å². The van der Waals surface area contributed by atoms with Crippen LogP contribution in [0.1, 0.15) is 0 Å². The van der Waals surface area contributed by atoms with Crippen molar-refractivity contribution < 1.29 is 0 Å². The average molecular weight is 150 g/mol. The predicted octanol–water partition coefficient (Wildman–Crippen LogP) is -0.603. The maximum absolute atomic E-state index is 8.57. The summed E-state index contributed by atoms with van der Waals surface area (Å²) in [4.78, 5) is 4.15. The van der Waals surface area contributed by atoms with Crippen LogP contribution in [0.3, 0.4) is 0 Å². The zero-order chi connectivity index (χ0) is 8.10. The van der Waals surface area contributed by atoms with Crippen LogP contribution in [0.15, 0.2) is 16.8 Å². The van der Waals surface area contributed by atoms with E-state index in [2.05, 4.69) is 10.3 Å². The van der Waals surface area contributed by atoms with Crippen LogP contribution < -0.4 is 11.1 Å². The minimum Gasteiger partial charge on any atom is -0.403 e. The molecule has 0 saturated heterocycles. The first-order valence-electron chi connectivity index (χ1n) is 3.45. The van der Waals surface area contributed by atoms with Crippen LogP contribution in [-0.2, 0) is 0 Å². The molecule has 0 unspecified atom stereocenters. The molecule has 0 aromatic carbocycles. The van der Waals surface area contributed by atoms with Gasteiger partial charge in [0.1, 0.15) is 6.07 Å². The van der Waals surface area contributed by atoms with Gasteiger partial charge < -0.3 is 11.1 Å². The summed E-state index contributed by atoms with van der Waals surface area (Å²) >= 11 is 0. The molecule has 0 spiro atoms. The molecular formula is C7H10N4. The Hall–Kier alpha value is -1.34. The summed E-state index contributed by atoms with van der Waals surface area (Å²) in [5.74, 6) is 0. The maximum atomic E-state index is 8.57. The van der Waals surface area contributed by atoms with Gasteiger partial charge in [-0.25, -0.2) is 0 Å². The molecule has 4 heteroatoms. The summed E-state index contributed by atoms with van der Waals surface area (Å²) in [6.07, 6.45) is 1.30. The van der Waals surface area contributed by atoms with Gasteiger partial charge in [0.05, 0.1) is 17.8 Å². The molecule has 0 amide bonds. The molecule has 11 heavy (non-hydrogen) atoms. The number of hydrogen-bond donors (Lipinski definition) is 2. The fraction of sp³-hybridized carbons (Fsp3) is 0.429. The molecule has 0 aliphatic carbocycles. The Morgan fingerprint density at radius 2 is 2.64 bits per heavy atom. The second-order valence-corrected chi connectivity index (χ2v) is 2.20. The predicted molar refractivity (Wildman–Crippen MR) is 43.1 cm³/mol. The smallest absolute Gasteiger partial charge is 0.103 e. The van der Waals surface area contributed by atoms with E-state index in [1.807, 2.05) is 6.07 Å². The van der Waals surface area contributed by atoms with Crippen molar-refractivity contribution in [3.8, 4) is 6.07 Å². The Morgan fingerprint density at radius 3 is 3.09 bits per heavy atom. The number of rotatable bonds is 1. The SMILES string of the molecule is N#C/C(=C/N)C1=NCCNC1. The minimum absolute atomic E-state index is 0.470. The van der Waals surface area contributed by atoms with Crippen LogP contribution in [0.5, 0.6) is 0 Å². The van der Waals surface area contributed by atoms with E-state index in [0.717, 1.165) is 18.8 Å². The number of hydrogen-bond acceptors (Lipinski definition) is 4. The molecule has 1 heterocycles. The molecule has 0 radical (unpaired) electrons. The van der Waals surface area contributed by atoms with Gasteiger partial charge in [0.15, 0.2) is 0 Å². The van der Waals surface area contributed by atoms with Gasteiger partial charge in [0.25, 0.3) is 0 Å². The van der Waals surface area contributed by atoms with E-state index < -0.39 is 0 Å². The third kappa shape index (κ3) is 1.79. The van der Waals surface area contributed by atoms with Crippen LogP contribution >= 0.6 is 0 Å². The number of nitrogens with two attached hydrogens (primary N) is 1. The first kappa shape index (κ1) is 7.76. The lowest BCUT2D eigenvalue weighted by Crippen LogP contribution is -2.31. The zero-order valence-corrected chi connectivity index (χ0v) is 6.17. The van der Waals surface area contributed by atoms with Crippen molar-refractivity contribution in [2.75, 3.05) is 19.6 Å². The van der Waals surface area contributed by atoms with Crippen molar-refractivity contribution in [3.63, 3.8) is 0 Å². The lowest BCUT2D eigenvalue weighted by molar-refractivity contribution is 0.737. The number of nitriles is 1. The van der Waals surface area contributed by atoms with Gasteiger partial charge in [-0.15, -0.1) is 0 Å². The zero-order valence-electron chi connectivity index (χ0n) is 6.17. The highest BCUT2D eigenvalue weighted by Gasteiger charge is 2.08. The van der Waals surface area contributed by atoms with Crippen LogP contribution in [0, 0.1) is 11.3 Å². The summed E-state index contributed by atoms with van der Waals surface area (Å²) in [6, 6.07) is 1.99. The van der Waals surface area contributed by atoms with E-state index in [-0.39, 0.29) is 0 Å². The van der Waals surface area contributed by atoms with Crippen molar-refractivity contribution in [1.29, 1.82) is 5.26 Å². The fourth-order valence-corrected chi connectivity index (χ4v) is 0.911. The Kier molecular flexibility index (Phi) is 2.64. The molecule has 0 saturated carbocycles. The molecule has 1 rings (SSSR count). The Labute approximate surface area is 65.4 Å². The number of aliphatic imine (C=N–C) groups is 1. The van der Waals surface area contributed by atoms with E-state index >= 15 is 0 Å². The summed E-state index contributed by atoms with van der Waals surface area (Å²) < 4.78 is 0. The lowest BCUT2D eigenvalue weighted by Gasteiger charge is -2.11.